The molecule has 2 heterocycles. The molecule has 1 aromatic carbocycles. The van der Waals surface area contributed by atoms with E-state index in [0.717, 1.165) is 44.7 Å². The lowest BCUT2D eigenvalue weighted by Gasteiger charge is -2.22. The minimum absolute atomic E-state index is 0.0597. The highest BCUT2D eigenvalue weighted by atomic mass is 32.1. The zero-order valence-corrected chi connectivity index (χ0v) is 16.0. The fraction of sp³-hybridized carbons (Fsp3) is 0.450. The SMILES string of the molecule is CC(NC(=O)CN1CCCN(Cc2ccc(F)cc2)CC1)c1cccs1. The Bertz CT molecular complexity index is 690. The Morgan fingerprint density at radius 3 is 2.62 bits per heavy atom. The molecule has 1 N–H and O–H groups in total. The van der Waals surface area contributed by atoms with E-state index in [4.69, 9.17) is 0 Å². The van der Waals surface area contributed by atoms with Gasteiger partial charge >= 0.3 is 0 Å². The molecule has 1 amide bonds. The summed E-state index contributed by atoms with van der Waals surface area (Å²) in [5.74, 6) is -0.114. The lowest BCUT2D eigenvalue weighted by Crippen LogP contribution is -2.39. The Morgan fingerprint density at radius 2 is 1.88 bits per heavy atom. The van der Waals surface area contributed by atoms with Crippen molar-refractivity contribution in [3.63, 3.8) is 0 Å². The molecule has 1 aliphatic rings. The predicted molar refractivity (Wildman–Crippen MR) is 104 cm³/mol. The third-order valence-corrected chi connectivity index (χ3v) is 5.77. The molecule has 6 heteroatoms. The van der Waals surface area contributed by atoms with Crippen molar-refractivity contribution in [2.75, 3.05) is 32.7 Å². The maximum atomic E-state index is 13.0. The van der Waals surface area contributed by atoms with Gasteiger partial charge in [0.2, 0.25) is 5.91 Å². The molecule has 0 aliphatic carbocycles. The summed E-state index contributed by atoms with van der Waals surface area (Å²) < 4.78 is 13.0. The van der Waals surface area contributed by atoms with Crippen molar-refractivity contribution in [1.82, 2.24) is 15.1 Å². The van der Waals surface area contributed by atoms with Crippen LogP contribution in [0.15, 0.2) is 41.8 Å². The van der Waals surface area contributed by atoms with E-state index in [0.29, 0.717) is 6.54 Å². The average molecular weight is 376 g/mol. The van der Waals surface area contributed by atoms with Gasteiger partial charge in [-0.3, -0.25) is 14.6 Å². The topological polar surface area (TPSA) is 35.6 Å². The average Bonchev–Trinajstić information content (AvgIpc) is 3.07. The number of thiophene rings is 1. The predicted octanol–water partition coefficient (Wildman–Crippen LogP) is 3.27. The molecule has 0 spiro atoms. The smallest absolute Gasteiger partial charge is 0.234 e. The summed E-state index contributed by atoms with van der Waals surface area (Å²) in [5, 5.41) is 5.12. The van der Waals surface area contributed by atoms with Gasteiger partial charge in [-0.15, -0.1) is 11.3 Å². The molecule has 1 atom stereocenters. The van der Waals surface area contributed by atoms with E-state index < -0.39 is 0 Å². The first-order valence-electron chi connectivity index (χ1n) is 9.12. The van der Waals surface area contributed by atoms with Crippen molar-refractivity contribution in [2.24, 2.45) is 0 Å². The molecule has 1 fully saturated rings. The fourth-order valence-corrected chi connectivity index (χ4v) is 4.02. The minimum Gasteiger partial charge on any atom is -0.348 e. The molecule has 0 saturated carbocycles. The molecule has 26 heavy (non-hydrogen) atoms. The van der Waals surface area contributed by atoms with Crippen molar-refractivity contribution in [3.05, 3.63) is 58.0 Å². The number of amides is 1. The van der Waals surface area contributed by atoms with E-state index in [1.165, 1.54) is 17.0 Å². The zero-order chi connectivity index (χ0) is 18.4. The van der Waals surface area contributed by atoms with Gasteiger partial charge in [-0.25, -0.2) is 4.39 Å². The Kier molecular flexibility index (Phi) is 6.77. The first-order valence-corrected chi connectivity index (χ1v) is 10.00. The lowest BCUT2D eigenvalue weighted by atomic mass is 10.2. The Labute approximate surface area is 158 Å². The normalized spacial score (nSPS) is 17.6. The number of nitrogens with zero attached hydrogens (tertiary/aromatic N) is 2. The van der Waals surface area contributed by atoms with Crippen molar-refractivity contribution < 1.29 is 9.18 Å². The van der Waals surface area contributed by atoms with E-state index in [-0.39, 0.29) is 17.8 Å². The molecule has 140 valence electrons. The third-order valence-electron chi connectivity index (χ3n) is 4.72. The van der Waals surface area contributed by atoms with E-state index in [2.05, 4.69) is 21.2 Å². The first-order chi connectivity index (χ1) is 12.6. The molecule has 4 nitrogen and oxygen atoms in total. The van der Waals surface area contributed by atoms with Gasteiger partial charge in [-0.1, -0.05) is 18.2 Å². The van der Waals surface area contributed by atoms with Gasteiger partial charge in [0.05, 0.1) is 12.6 Å². The molecule has 2 aromatic rings. The summed E-state index contributed by atoms with van der Waals surface area (Å²) >= 11 is 1.67. The highest BCUT2D eigenvalue weighted by Crippen LogP contribution is 2.18. The largest absolute Gasteiger partial charge is 0.348 e. The van der Waals surface area contributed by atoms with Gasteiger partial charge < -0.3 is 5.32 Å². The zero-order valence-electron chi connectivity index (χ0n) is 15.2. The van der Waals surface area contributed by atoms with Crippen LogP contribution in [-0.2, 0) is 11.3 Å². The molecule has 1 saturated heterocycles. The van der Waals surface area contributed by atoms with Gasteiger partial charge in [0.25, 0.3) is 0 Å². The number of halogens is 1. The molecule has 1 aromatic heterocycles. The molecular formula is C20H26FN3OS. The summed E-state index contributed by atoms with van der Waals surface area (Å²) in [5.41, 5.74) is 1.13. The van der Waals surface area contributed by atoms with Crippen molar-refractivity contribution in [1.29, 1.82) is 0 Å². The molecule has 1 aliphatic heterocycles. The summed E-state index contributed by atoms with van der Waals surface area (Å²) in [6, 6.07) is 10.8. The van der Waals surface area contributed by atoms with E-state index in [1.807, 2.05) is 30.5 Å². The number of rotatable bonds is 6. The van der Waals surface area contributed by atoms with Crippen molar-refractivity contribution in [3.8, 4) is 0 Å². The van der Waals surface area contributed by atoms with Crippen LogP contribution in [0.5, 0.6) is 0 Å². The maximum absolute atomic E-state index is 13.0. The van der Waals surface area contributed by atoms with E-state index in [1.54, 1.807) is 11.3 Å². The Hall–Kier alpha value is -1.76. The number of nitrogens with one attached hydrogen (secondary N) is 1. The summed E-state index contributed by atoms with van der Waals surface area (Å²) in [6.07, 6.45) is 1.04. The van der Waals surface area contributed by atoms with Crippen LogP contribution in [0.4, 0.5) is 4.39 Å². The number of hydrogen-bond donors (Lipinski definition) is 1. The van der Waals surface area contributed by atoms with Crippen LogP contribution in [0.1, 0.15) is 29.8 Å². The number of carbonyl (C=O) groups excluding carboxylic acids is 1. The maximum Gasteiger partial charge on any atom is 0.234 e. The Balaban J connectivity index is 1.44. The van der Waals surface area contributed by atoms with E-state index >= 15 is 0 Å². The van der Waals surface area contributed by atoms with Crippen LogP contribution < -0.4 is 5.32 Å². The second-order valence-corrected chi connectivity index (χ2v) is 7.82. The van der Waals surface area contributed by atoms with E-state index in [9.17, 15) is 9.18 Å². The second kappa shape index (κ2) is 9.26. The molecular weight excluding hydrogens is 349 g/mol. The lowest BCUT2D eigenvalue weighted by molar-refractivity contribution is -0.122. The van der Waals surface area contributed by atoms with Crippen molar-refractivity contribution in [2.45, 2.75) is 25.9 Å². The number of benzene rings is 1. The standard InChI is InChI=1S/C20H26FN3OS/c1-16(19-4-2-13-26-19)22-20(25)15-24-10-3-9-23(11-12-24)14-17-5-7-18(21)8-6-17/h2,4-8,13,16H,3,9-12,14-15H2,1H3,(H,22,25). The first kappa shape index (κ1) is 19.0. The monoisotopic (exact) mass is 375 g/mol. The fourth-order valence-electron chi connectivity index (χ4n) is 3.29. The van der Waals surface area contributed by atoms with Gasteiger partial charge in [0.15, 0.2) is 0 Å². The minimum atomic E-state index is -0.196. The van der Waals surface area contributed by atoms with Crippen LogP contribution in [0.3, 0.4) is 0 Å². The van der Waals surface area contributed by atoms with Gasteiger partial charge in [0.1, 0.15) is 5.82 Å². The quantitative estimate of drug-likeness (QED) is 0.842. The van der Waals surface area contributed by atoms with Gasteiger partial charge in [-0.05, 0) is 55.6 Å². The molecule has 1 unspecified atom stereocenters. The molecule has 3 rings (SSSR count). The highest BCUT2D eigenvalue weighted by molar-refractivity contribution is 7.10. The van der Waals surface area contributed by atoms with Crippen LogP contribution >= 0.6 is 11.3 Å². The van der Waals surface area contributed by atoms with Gasteiger partial charge in [-0.2, -0.15) is 0 Å². The number of hydrogen-bond acceptors (Lipinski definition) is 4. The van der Waals surface area contributed by atoms with Crippen LogP contribution in [-0.4, -0.2) is 48.4 Å². The van der Waals surface area contributed by atoms with Gasteiger partial charge in [0, 0.05) is 24.5 Å². The van der Waals surface area contributed by atoms with Crippen LogP contribution in [0.25, 0.3) is 0 Å². The Morgan fingerprint density at radius 1 is 1.15 bits per heavy atom. The summed E-state index contributed by atoms with van der Waals surface area (Å²) in [7, 11) is 0. The van der Waals surface area contributed by atoms with Crippen molar-refractivity contribution >= 4 is 17.2 Å². The molecule has 0 bridgehead atoms. The molecule has 0 radical (unpaired) electrons. The highest BCUT2D eigenvalue weighted by Gasteiger charge is 2.18. The number of carbonyl (C=O) groups is 1. The van der Waals surface area contributed by atoms with Crippen LogP contribution in [0.2, 0.25) is 0 Å². The summed E-state index contributed by atoms with van der Waals surface area (Å²) in [6.45, 7) is 7.03. The second-order valence-electron chi connectivity index (χ2n) is 6.84. The van der Waals surface area contributed by atoms with Crippen LogP contribution in [0, 0.1) is 5.82 Å². The third kappa shape index (κ3) is 5.62. The summed E-state index contributed by atoms with van der Waals surface area (Å²) in [4.78, 5) is 18.1.